The predicted molar refractivity (Wildman–Crippen MR) is 81.3 cm³/mol. The standard InChI is InChI=1S/C16H26N2O/c1-4-5-11-18(12-14(2)3)13-16(19)17-15-9-7-6-8-10-15/h6-10,14H,4-5,11-13H2,1-3H3,(H,17,19). The molecule has 1 rings (SSSR count). The van der Waals surface area contributed by atoms with Gasteiger partial charge >= 0.3 is 0 Å². The molecule has 3 nitrogen and oxygen atoms in total. The van der Waals surface area contributed by atoms with Crippen molar-refractivity contribution in [1.82, 2.24) is 4.90 Å². The van der Waals surface area contributed by atoms with Gasteiger partial charge in [0, 0.05) is 12.2 Å². The van der Waals surface area contributed by atoms with E-state index in [-0.39, 0.29) is 5.91 Å². The summed E-state index contributed by atoms with van der Waals surface area (Å²) in [5.74, 6) is 0.657. The quantitative estimate of drug-likeness (QED) is 0.779. The van der Waals surface area contributed by atoms with E-state index in [4.69, 9.17) is 0 Å². The van der Waals surface area contributed by atoms with Crippen molar-refractivity contribution in [2.75, 3.05) is 25.0 Å². The fourth-order valence-corrected chi connectivity index (χ4v) is 2.06. The van der Waals surface area contributed by atoms with E-state index < -0.39 is 0 Å². The zero-order valence-corrected chi connectivity index (χ0v) is 12.4. The number of amides is 1. The number of para-hydroxylation sites is 1. The molecular weight excluding hydrogens is 236 g/mol. The molecule has 0 heterocycles. The molecule has 0 aliphatic carbocycles. The van der Waals surface area contributed by atoms with Crippen molar-refractivity contribution < 1.29 is 4.79 Å². The maximum atomic E-state index is 12.0. The molecule has 0 unspecified atom stereocenters. The zero-order valence-electron chi connectivity index (χ0n) is 12.4. The molecule has 0 aliphatic rings. The number of nitrogens with one attached hydrogen (secondary N) is 1. The molecule has 0 radical (unpaired) electrons. The Balaban J connectivity index is 2.45. The third-order valence-electron chi connectivity index (χ3n) is 2.88. The number of hydrogen-bond acceptors (Lipinski definition) is 2. The van der Waals surface area contributed by atoms with Gasteiger partial charge in [-0.15, -0.1) is 0 Å². The Morgan fingerprint density at radius 2 is 1.95 bits per heavy atom. The summed E-state index contributed by atoms with van der Waals surface area (Å²) in [5, 5.41) is 2.94. The molecular formula is C16H26N2O. The van der Waals surface area contributed by atoms with Crippen molar-refractivity contribution in [2.24, 2.45) is 5.92 Å². The molecule has 0 atom stereocenters. The van der Waals surface area contributed by atoms with E-state index in [1.807, 2.05) is 30.3 Å². The Labute approximate surface area is 117 Å². The monoisotopic (exact) mass is 262 g/mol. The molecule has 0 fully saturated rings. The van der Waals surface area contributed by atoms with Crippen LogP contribution in [0.5, 0.6) is 0 Å². The molecule has 1 aromatic rings. The van der Waals surface area contributed by atoms with Gasteiger partial charge in [0.1, 0.15) is 0 Å². The van der Waals surface area contributed by atoms with E-state index in [2.05, 4.69) is 31.0 Å². The molecule has 1 aromatic carbocycles. The van der Waals surface area contributed by atoms with E-state index in [0.717, 1.165) is 31.6 Å². The summed E-state index contributed by atoms with van der Waals surface area (Å²) in [5.41, 5.74) is 0.868. The second kappa shape index (κ2) is 8.70. The highest BCUT2D eigenvalue weighted by molar-refractivity contribution is 5.92. The summed E-state index contributed by atoms with van der Waals surface area (Å²) >= 11 is 0. The van der Waals surface area contributed by atoms with Crippen LogP contribution in [0.4, 0.5) is 5.69 Å². The molecule has 0 spiro atoms. The van der Waals surface area contributed by atoms with Crippen LogP contribution >= 0.6 is 0 Å². The predicted octanol–water partition coefficient (Wildman–Crippen LogP) is 3.38. The van der Waals surface area contributed by atoms with Gasteiger partial charge in [0.05, 0.1) is 6.54 Å². The van der Waals surface area contributed by atoms with Crippen molar-refractivity contribution in [1.29, 1.82) is 0 Å². The zero-order chi connectivity index (χ0) is 14.1. The molecule has 0 saturated heterocycles. The highest BCUT2D eigenvalue weighted by atomic mass is 16.2. The first kappa shape index (κ1) is 15.7. The van der Waals surface area contributed by atoms with Gasteiger partial charge in [-0.25, -0.2) is 0 Å². The lowest BCUT2D eigenvalue weighted by Gasteiger charge is -2.23. The van der Waals surface area contributed by atoms with Crippen LogP contribution in [0, 0.1) is 5.92 Å². The first-order valence-electron chi connectivity index (χ1n) is 7.19. The smallest absolute Gasteiger partial charge is 0.238 e. The molecule has 1 N–H and O–H groups in total. The molecule has 0 bridgehead atoms. The minimum Gasteiger partial charge on any atom is -0.325 e. The van der Waals surface area contributed by atoms with Crippen molar-refractivity contribution in [3.63, 3.8) is 0 Å². The first-order valence-corrected chi connectivity index (χ1v) is 7.19. The number of carbonyl (C=O) groups excluding carboxylic acids is 1. The number of anilines is 1. The van der Waals surface area contributed by atoms with Crippen molar-refractivity contribution in [3.05, 3.63) is 30.3 Å². The van der Waals surface area contributed by atoms with Crippen LogP contribution in [0.1, 0.15) is 33.6 Å². The molecule has 19 heavy (non-hydrogen) atoms. The van der Waals surface area contributed by atoms with Crippen LogP contribution < -0.4 is 5.32 Å². The van der Waals surface area contributed by atoms with Crippen molar-refractivity contribution in [3.8, 4) is 0 Å². The van der Waals surface area contributed by atoms with Crippen LogP contribution in [0.2, 0.25) is 0 Å². The summed E-state index contributed by atoms with van der Waals surface area (Å²) < 4.78 is 0. The summed E-state index contributed by atoms with van der Waals surface area (Å²) in [4.78, 5) is 14.3. The highest BCUT2D eigenvalue weighted by Gasteiger charge is 2.11. The van der Waals surface area contributed by atoms with E-state index in [9.17, 15) is 4.79 Å². The minimum atomic E-state index is 0.0722. The van der Waals surface area contributed by atoms with E-state index in [0.29, 0.717) is 12.5 Å². The average molecular weight is 262 g/mol. The van der Waals surface area contributed by atoms with Crippen LogP contribution in [-0.2, 0) is 4.79 Å². The van der Waals surface area contributed by atoms with E-state index >= 15 is 0 Å². The highest BCUT2D eigenvalue weighted by Crippen LogP contribution is 2.06. The number of carbonyl (C=O) groups is 1. The maximum Gasteiger partial charge on any atom is 0.238 e. The largest absolute Gasteiger partial charge is 0.325 e. The number of unbranched alkanes of at least 4 members (excludes halogenated alkanes) is 1. The number of rotatable bonds is 8. The Morgan fingerprint density at radius 1 is 1.26 bits per heavy atom. The Morgan fingerprint density at radius 3 is 2.53 bits per heavy atom. The summed E-state index contributed by atoms with van der Waals surface area (Å²) in [6, 6.07) is 9.63. The lowest BCUT2D eigenvalue weighted by Crippen LogP contribution is -2.36. The lowest BCUT2D eigenvalue weighted by molar-refractivity contribution is -0.117. The van der Waals surface area contributed by atoms with Gasteiger partial charge < -0.3 is 5.32 Å². The molecule has 1 amide bonds. The summed E-state index contributed by atoms with van der Waals surface area (Å²) in [6.07, 6.45) is 2.31. The molecule has 3 heteroatoms. The second-order valence-electron chi connectivity index (χ2n) is 5.40. The lowest BCUT2D eigenvalue weighted by atomic mass is 10.2. The normalized spacial score (nSPS) is 11.0. The van der Waals surface area contributed by atoms with E-state index in [1.54, 1.807) is 0 Å². The Hall–Kier alpha value is -1.35. The Bertz CT molecular complexity index is 362. The van der Waals surface area contributed by atoms with Gasteiger partial charge in [-0.05, 0) is 31.0 Å². The van der Waals surface area contributed by atoms with Gasteiger partial charge in [-0.2, -0.15) is 0 Å². The Kier molecular flexibility index (Phi) is 7.19. The number of nitrogens with zero attached hydrogens (tertiary/aromatic N) is 1. The fraction of sp³-hybridized carbons (Fsp3) is 0.562. The van der Waals surface area contributed by atoms with Crippen LogP contribution in [0.3, 0.4) is 0 Å². The second-order valence-corrected chi connectivity index (χ2v) is 5.40. The summed E-state index contributed by atoms with van der Waals surface area (Å²) in [7, 11) is 0. The molecule has 0 aromatic heterocycles. The van der Waals surface area contributed by atoms with Crippen LogP contribution in [0.15, 0.2) is 30.3 Å². The van der Waals surface area contributed by atoms with Gasteiger partial charge in [-0.1, -0.05) is 45.4 Å². The third-order valence-corrected chi connectivity index (χ3v) is 2.88. The maximum absolute atomic E-state index is 12.0. The van der Waals surface area contributed by atoms with Crippen LogP contribution in [-0.4, -0.2) is 30.4 Å². The average Bonchev–Trinajstić information content (AvgIpc) is 2.36. The molecule has 0 aliphatic heterocycles. The van der Waals surface area contributed by atoms with Gasteiger partial charge in [0.25, 0.3) is 0 Å². The minimum absolute atomic E-state index is 0.0722. The third kappa shape index (κ3) is 6.97. The van der Waals surface area contributed by atoms with Crippen LogP contribution in [0.25, 0.3) is 0 Å². The molecule has 106 valence electrons. The summed E-state index contributed by atoms with van der Waals surface area (Å²) in [6.45, 7) is 9.01. The first-order chi connectivity index (χ1) is 9.11. The number of hydrogen-bond donors (Lipinski definition) is 1. The topological polar surface area (TPSA) is 32.3 Å². The molecule has 0 saturated carbocycles. The van der Waals surface area contributed by atoms with Gasteiger partial charge in [0.15, 0.2) is 0 Å². The van der Waals surface area contributed by atoms with Crippen molar-refractivity contribution >= 4 is 11.6 Å². The van der Waals surface area contributed by atoms with E-state index in [1.165, 1.54) is 0 Å². The van der Waals surface area contributed by atoms with Gasteiger partial charge in [-0.3, -0.25) is 9.69 Å². The number of benzene rings is 1. The SMILES string of the molecule is CCCCN(CC(=O)Nc1ccccc1)CC(C)C. The fourth-order valence-electron chi connectivity index (χ4n) is 2.06. The van der Waals surface area contributed by atoms with Gasteiger partial charge in [0.2, 0.25) is 5.91 Å². The van der Waals surface area contributed by atoms with Crippen molar-refractivity contribution in [2.45, 2.75) is 33.6 Å².